The van der Waals surface area contributed by atoms with Gasteiger partial charge in [-0.15, -0.1) is 0 Å². The van der Waals surface area contributed by atoms with E-state index < -0.39 is 5.82 Å². The van der Waals surface area contributed by atoms with Gasteiger partial charge in [-0.1, -0.05) is 6.07 Å². The molecular weight excluding hydrogens is 223 g/mol. The molecule has 1 amide bonds. The van der Waals surface area contributed by atoms with Crippen LogP contribution < -0.4 is 15.8 Å². The summed E-state index contributed by atoms with van der Waals surface area (Å²) in [5.74, 6) is -0.258. The number of benzene rings is 1. The highest BCUT2D eigenvalue weighted by Gasteiger charge is 2.21. The molecule has 0 saturated heterocycles. The number of rotatable bonds is 5. The fraction of sp³-hybridized carbons (Fsp3) is 0.417. The molecule has 1 fully saturated rings. The molecule has 5 heteroatoms. The van der Waals surface area contributed by atoms with Crippen molar-refractivity contribution in [3.05, 3.63) is 24.0 Å². The van der Waals surface area contributed by atoms with E-state index in [1.54, 1.807) is 0 Å². The van der Waals surface area contributed by atoms with Crippen molar-refractivity contribution in [2.45, 2.75) is 12.8 Å². The van der Waals surface area contributed by atoms with Crippen LogP contribution in [0.4, 0.5) is 10.1 Å². The Hall–Kier alpha value is -1.78. The van der Waals surface area contributed by atoms with E-state index in [1.807, 2.05) is 0 Å². The van der Waals surface area contributed by atoms with Crippen molar-refractivity contribution in [3.8, 4) is 5.75 Å². The van der Waals surface area contributed by atoms with Gasteiger partial charge >= 0.3 is 0 Å². The Labute approximate surface area is 98.9 Å². The third kappa shape index (κ3) is 3.34. The smallest absolute Gasteiger partial charge is 0.257 e. The van der Waals surface area contributed by atoms with Gasteiger partial charge in [-0.3, -0.25) is 4.79 Å². The number of carbonyl (C=O) groups excluding carboxylic acids is 1. The largest absolute Gasteiger partial charge is 0.479 e. The van der Waals surface area contributed by atoms with Gasteiger partial charge in [-0.05, 0) is 30.9 Å². The Morgan fingerprint density at radius 2 is 2.29 bits per heavy atom. The number of carbonyl (C=O) groups is 1. The van der Waals surface area contributed by atoms with E-state index in [0.717, 1.165) is 0 Å². The lowest BCUT2D eigenvalue weighted by atomic mass is 10.3. The minimum atomic E-state index is -0.556. The molecule has 0 radical (unpaired) electrons. The molecule has 3 N–H and O–H groups in total. The van der Waals surface area contributed by atoms with Crippen molar-refractivity contribution in [2.24, 2.45) is 5.92 Å². The molecule has 1 aliphatic rings. The van der Waals surface area contributed by atoms with Crippen LogP contribution in [0.5, 0.6) is 5.75 Å². The number of hydrogen-bond acceptors (Lipinski definition) is 3. The van der Waals surface area contributed by atoms with E-state index in [-0.39, 0.29) is 24.0 Å². The number of amides is 1. The molecule has 17 heavy (non-hydrogen) atoms. The van der Waals surface area contributed by atoms with Crippen LogP contribution in [0.1, 0.15) is 12.8 Å². The summed E-state index contributed by atoms with van der Waals surface area (Å²) < 4.78 is 18.4. The van der Waals surface area contributed by atoms with Crippen molar-refractivity contribution in [3.63, 3.8) is 0 Å². The molecule has 4 nitrogen and oxygen atoms in total. The van der Waals surface area contributed by atoms with Crippen LogP contribution in [-0.4, -0.2) is 19.1 Å². The first kappa shape index (κ1) is 11.7. The average Bonchev–Trinajstić information content (AvgIpc) is 3.09. The number of nitrogens with two attached hydrogens (primary N) is 1. The second kappa shape index (κ2) is 5.03. The lowest BCUT2D eigenvalue weighted by molar-refractivity contribution is -0.123. The average molecular weight is 238 g/mol. The second-order valence-electron chi connectivity index (χ2n) is 4.19. The summed E-state index contributed by atoms with van der Waals surface area (Å²) in [5, 5.41) is 2.73. The van der Waals surface area contributed by atoms with Crippen molar-refractivity contribution in [1.82, 2.24) is 5.32 Å². The number of hydrogen-bond donors (Lipinski definition) is 2. The molecule has 1 aromatic rings. The Morgan fingerprint density at radius 1 is 1.53 bits per heavy atom. The predicted octanol–water partition coefficient (Wildman–Crippen LogP) is 1.31. The summed E-state index contributed by atoms with van der Waals surface area (Å²) in [4.78, 5) is 11.4. The van der Waals surface area contributed by atoms with Crippen LogP contribution in [0.3, 0.4) is 0 Å². The Morgan fingerprint density at radius 3 is 2.94 bits per heavy atom. The minimum Gasteiger partial charge on any atom is -0.479 e. The quantitative estimate of drug-likeness (QED) is 0.760. The van der Waals surface area contributed by atoms with Gasteiger partial charge in [-0.25, -0.2) is 4.39 Å². The van der Waals surface area contributed by atoms with Gasteiger partial charge in [0.2, 0.25) is 0 Å². The van der Waals surface area contributed by atoms with Crippen molar-refractivity contribution >= 4 is 11.6 Å². The minimum absolute atomic E-state index is 0.0610. The number of anilines is 1. The molecule has 0 heterocycles. The lowest BCUT2D eigenvalue weighted by Crippen LogP contribution is -2.30. The zero-order chi connectivity index (χ0) is 12.3. The highest BCUT2D eigenvalue weighted by atomic mass is 19.1. The van der Waals surface area contributed by atoms with Gasteiger partial charge in [0, 0.05) is 6.54 Å². The molecule has 0 spiro atoms. The SMILES string of the molecule is Nc1cccc(F)c1OCC(=O)NCC1CC1. The number of nitrogens with one attached hydrogen (secondary N) is 1. The fourth-order valence-electron chi connectivity index (χ4n) is 1.45. The van der Waals surface area contributed by atoms with E-state index >= 15 is 0 Å². The summed E-state index contributed by atoms with van der Waals surface area (Å²) in [6, 6.07) is 4.26. The third-order valence-electron chi connectivity index (χ3n) is 2.63. The highest BCUT2D eigenvalue weighted by molar-refractivity contribution is 5.77. The number of halogens is 1. The first-order chi connectivity index (χ1) is 8.16. The normalized spacial score (nSPS) is 14.4. The summed E-state index contributed by atoms with van der Waals surface area (Å²) >= 11 is 0. The number of nitrogen functional groups attached to an aromatic ring is 1. The van der Waals surface area contributed by atoms with E-state index in [4.69, 9.17) is 10.5 Å². The highest BCUT2D eigenvalue weighted by Crippen LogP contribution is 2.27. The van der Waals surface area contributed by atoms with Crippen LogP contribution >= 0.6 is 0 Å². The van der Waals surface area contributed by atoms with Crippen LogP contribution in [-0.2, 0) is 4.79 Å². The van der Waals surface area contributed by atoms with Crippen molar-refractivity contribution < 1.29 is 13.9 Å². The molecule has 1 aromatic carbocycles. The molecule has 92 valence electrons. The van der Waals surface area contributed by atoms with Crippen molar-refractivity contribution in [2.75, 3.05) is 18.9 Å². The van der Waals surface area contributed by atoms with E-state index in [0.29, 0.717) is 12.5 Å². The lowest BCUT2D eigenvalue weighted by Gasteiger charge is -2.09. The topological polar surface area (TPSA) is 64.3 Å². The Bertz CT molecular complexity index is 399. The van der Waals surface area contributed by atoms with Crippen LogP contribution in [0.2, 0.25) is 0 Å². The molecule has 0 unspecified atom stereocenters. The summed E-state index contributed by atoms with van der Waals surface area (Å²) in [7, 11) is 0. The van der Waals surface area contributed by atoms with Crippen LogP contribution in [0.15, 0.2) is 18.2 Å². The van der Waals surface area contributed by atoms with Gasteiger partial charge in [0.1, 0.15) is 0 Å². The first-order valence-corrected chi connectivity index (χ1v) is 5.60. The Balaban J connectivity index is 1.81. The van der Waals surface area contributed by atoms with Gasteiger partial charge < -0.3 is 15.8 Å². The standard InChI is InChI=1S/C12H15FN2O2/c13-9-2-1-3-10(14)12(9)17-7-11(16)15-6-8-4-5-8/h1-3,8H,4-7,14H2,(H,15,16). The molecule has 2 rings (SSSR count). The zero-order valence-electron chi connectivity index (χ0n) is 9.41. The molecule has 1 saturated carbocycles. The van der Waals surface area contributed by atoms with E-state index in [1.165, 1.54) is 31.0 Å². The zero-order valence-corrected chi connectivity index (χ0v) is 9.41. The summed E-state index contributed by atoms with van der Waals surface area (Å²) in [6.45, 7) is 0.465. The molecule has 1 aliphatic carbocycles. The van der Waals surface area contributed by atoms with Gasteiger partial charge in [0.15, 0.2) is 18.2 Å². The molecule has 0 bridgehead atoms. The van der Waals surface area contributed by atoms with Crippen LogP contribution in [0.25, 0.3) is 0 Å². The maximum atomic E-state index is 13.3. The predicted molar refractivity (Wildman–Crippen MR) is 62.0 cm³/mol. The molecule has 0 aliphatic heterocycles. The number of ether oxygens (including phenoxy) is 1. The Kier molecular flexibility index (Phi) is 3.46. The van der Waals surface area contributed by atoms with Crippen LogP contribution in [0, 0.1) is 11.7 Å². The third-order valence-corrected chi connectivity index (χ3v) is 2.63. The van der Waals surface area contributed by atoms with Gasteiger partial charge in [0.05, 0.1) is 5.69 Å². The first-order valence-electron chi connectivity index (χ1n) is 5.60. The fourth-order valence-corrected chi connectivity index (χ4v) is 1.45. The maximum Gasteiger partial charge on any atom is 0.257 e. The summed E-state index contributed by atoms with van der Waals surface area (Å²) in [5.41, 5.74) is 5.74. The van der Waals surface area contributed by atoms with Crippen molar-refractivity contribution in [1.29, 1.82) is 0 Å². The summed E-state index contributed by atoms with van der Waals surface area (Å²) in [6.07, 6.45) is 2.34. The van der Waals surface area contributed by atoms with Gasteiger partial charge in [-0.2, -0.15) is 0 Å². The molecule has 0 aromatic heterocycles. The second-order valence-corrected chi connectivity index (χ2v) is 4.19. The number of para-hydroxylation sites is 1. The molecule has 0 atom stereocenters. The monoisotopic (exact) mass is 238 g/mol. The molecular formula is C12H15FN2O2. The van der Waals surface area contributed by atoms with Gasteiger partial charge in [0.25, 0.3) is 5.91 Å². The van der Waals surface area contributed by atoms with E-state index in [9.17, 15) is 9.18 Å². The maximum absolute atomic E-state index is 13.3. The van der Waals surface area contributed by atoms with E-state index in [2.05, 4.69) is 5.32 Å².